The van der Waals surface area contributed by atoms with Crippen LogP contribution < -0.4 is 5.32 Å². The number of nitrogens with zero attached hydrogens (tertiary/aromatic N) is 1. The Hall–Kier alpha value is -1.35. The first kappa shape index (κ1) is 15.2. The summed E-state index contributed by atoms with van der Waals surface area (Å²) in [5.41, 5.74) is 1.80. The van der Waals surface area contributed by atoms with Crippen molar-refractivity contribution in [3.05, 3.63) is 35.9 Å². The molecular formula is C20H28N2O. The Kier molecular flexibility index (Phi) is 3.92. The largest absolute Gasteiger partial charge is 0.342 e. The van der Waals surface area contributed by atoms with Gasteiger partial charge in [-0.3, -0.25) is 4.79 Å². The van der Waals surface area contributed by atoms with E-state index in [1.807, 2.05) is 0 Å². The molecule has 3 atom stereocenters. The molecule has 1 amide bonds. The van der Waals surface area contributed by atoms with Crippen molar-refractivity contribution in [1.29, 1.82) is 0 Å². The summed E-state index contributed by atoms with van der Waals surface area (Å²) in [4.78, 5) is 15.1. The number of rotatable bonds is 2. The van der Waals surface area contributed by atoms with E-state index in [1.54, 1.807) is 0 Å². The van der Waals surface area contributed by atoms with Crippen LogP contribution in [-0.2, 0) is 4.79 Å². The first-order chi connectivity index (χ1) is 11.2. The van der Waals surface area contributed by atoms with Gasteiger partial charge in [-0.1, -0.05) is 37.3 Å². The third-order valence-corrected chi connectivity index (χ3v) is 6.53. The zero-order valence-electron chi connectivity index (χ0n) is 14.1. The molecule has 0 aromatic heterocycles. The molecule has 1 N–H and O–H groups in total. The Balaban J connectivity index is 1.38. The third-order valence-electron chi connectivity index (χ3n) is 6.53. The fraction of sp³-hybridized carbons (Fsp3) is 0.650. The molecule has 124 valence electrons. The highest BCUT2D eigenvalue weighted by Gasteiger charge is 2.58. The van der Waals surface area contributed by atoms with E-state index in [2.05, 4.69) is 47.5 Å². The topological polar surface area (TPSA) is 32.3 Å². The van der Waals surface area contributed by atoms with Crippen molar-refractivity contribution >= 4 is 5.91 Å². The molecule has 1 saturated carbocycles. The standard InChI is InChI=1S/C20H28N2O/c1-15-14-22(12-7-17(15)16-5-3-2-4-6-16)19(23)18-13-20(18)8-10-21-11-9-20/h2-6,15,17-18,21H,7-14H2,1H3. The molecule has 1 spiro atoms. The van der Waals surface area contributed by atoms with Gasteiger partial charge in [-0.2, -0.15) is 0 Å². The van der Waals surface area contributed by atoms with E-state index in [0.717, 1.165) is 39.0 Å². The SMILES string of the molecule is CC1CN(C(=O)C2CC23CCNCC3)CCC1c1ccccc1. The van der Waals surface area contributed by atoms with Crippen LogP contribution in [0.15, 0.2) is 30.3 Å². The van der Waals surface area contributed by atoms with Gasteiger partial charge in [0.05, 0.1) is 0 Å². The maximum atomic E-state index is 12.9. The molecule has 3 nitrogen and oxygen atoms in total. The van der Waals surface area contributed by atoms with Crippen LogP contribution in [0.25, 0.3) is 0 Å². The van der Waals surface area contributed by atoms with Crippen molar-refractivity contribution in [2.75, 3.05) is 26.2 Å². The molecule has 0 radical (unpaired) electrons. The van der Waals surface area contributed by atoms with Crippen molar-refractivity contribution in [1.82, 2.24) is 10.2 Å². The first-order valence-electron chi connectivity index (χ1n) is 9.24. The van der Waals surface area contributed by atoms with Gasteiger partial charge in [-0.25, -0.2) is 0 Å². The van der Waals surface area contributed by atoms with Gasteiger partial charge in [-0.05, 0) is 61.6 Å². The molecule has 1 aliphatic carbocycles. The highest BCUT2D eigenvalue weighted by Crippen LogP contribution is 2.59. The number of benzene rings is 1. The van der Waals surface area contributed by atoms with Crippen LogP contribution >= 0.6 is 0 Å². The van der Waals surface area contributed by atoms with Gasteiger partial charge in [-0.15, -0.1) is 0 Å². The molecule has 3 fully saturated rings. The molecule has 1 aromatic rings. The smallest absolute Gasteiger partial charge is 0.226 e. The molecule has 3 heteroatoms. The van der Waals surface area contributed by atoms with E-state index in [9.17, 15) is 4.79 Å². The van der Waals surface area contributed by atoms with Gasteiger partial charge >= 0.3 is 0 Å². The predicted octanol–water partition coefficient (Wildman–Crippen LogP) is 3.03. The number of carbonyl (C=O) groups excluding carboxylic acids is 1. The molecule has 2 heterocycles. The summed E-state index contributed by atoms with van der Waals surface area (Å²) in [6, 6.07) is 10.8. The second-order valence-electron chi connectivity index (χ2n) is 7.94. The summed E-state index contributed by atoms with van der Waals surface area (Å²) < 4.78 is 0. The van der Waals surface area contributed by atoms with Crippen molar-refractivity contribution < 1.29 is 4.79 Å². The minimum absolute atomic E-state index is 0.324. The van der Waals surface area contributed by atoms with Crippen LogP contribution in [0.5, 0.6) is 0 Å². The van der Waals surface area contributed by atoms with Gasteiger partial charge in [0.2, 0.25) is 5.91 Å². The lowest BCUT2D eigenvalue weighted by Gasteiger charge is -2.38. The van der Waals surface area contributed by atoms with Gasteiger partial charge in [0.25, 0.3) is 0 Å². The number of hydrogen-bond donors (Lipinski definition) is 1. The Morgan fingerprint density at radius 2 is 1.96 bits per heavy atom. The Bertz CT molecular complexity index is 564. The zero-order valence-corrected chi connectivity index (χ0v) is 14.1. The normalized spacial score (nSPS) is 32.7. The summed E-state index contributed by atoms with van der Waals surface area (Å²) in [6.45, 7) is 6.37. The average molecular weight is 312 g/mol. The summed E-state index contributed by atoms with van der Waals surface area (Å²) in [6.07, 6.45) is 4.64. The number of likely N-dealkylation sites (tertiary alicyclic amines) is 1. The molecule has 0 bridgehead atoms. The molecule has 3 aliphatic rings. The van der Waals surface area contributed by atoms with Crippen LogP contribution in [0.1, 0.15) is 44.1 Å². The molecule has 3 unspecified atom stereocenters. The zero-order chi connectivity index (χ0) is 15.9. The van der Waals surface area contributed by atoms with Crippen LogP contribution in [0.4, 0.5) is 0 Å². The summed E-state index contributed by atoms with van der Waals surface area (Å²) in [7, 11) is 0. The van der Waals surface area contributed by atoms with Crippen LogP contribution in [-0.4, -0.2) is 37.0 Å². The van der Waals surface area contributed by atoms with Gasteiger partial charge < -0.3 is 10.2 Å². The maximum Gasteiger partial charge on any atom is 0.226 e. The first-order valence-corrected chi connectivity index (χ1v) is 9.24. The number of carbonyl (C=O) groups is 1. The van der Waals surface area contributed by atoms with Crippen LogP contribution in [0.3, 0.4) is 0 Å². The maximum absolute atomic E-state index is 12.9. The summed E-state index contributed by atoms with van der Waals surface area (Å²) in [5, 5.41) is 3.43. The van der Waals surface area contributed by atoms with E-state index in [1.165, 1.54) is 18.4 Å². The number of nitrogens with one attached hydrogen (secondary N) is 1. The molecule has 2 saturated heterocycles. The van der Waals surface area contributed by atoms with Gasteiger partial charge in [0.1, 0.15) is 0 Å². The fourth-order valence-corrected chi connectivity index (χ4v) is 4.94. The molecule has 23 heavy (non-hydrogen) atoms. The molecule has 2 aliphatic heterocycles. The van der Waals surface area contributed by atoms with Crippen LogP contribution in [0, 0.1) is 17.3 Å². The number of amides is 1. The monoisotopic (exact) mass is 312 g/mol. The molecule has 4 rings (SSSR count). The number of hydrogen-bond acceptors (Lipinski definition) is 2. The quantitative estimate of drug-likeness (QED) is 0.910. The second-order valence-corrected chi connectivity index (χ2v) is 7.94. The minimum Gasteiger partial charge on any atom is -0.342 e. The Morgan fingerprint density at radius 3 is 2.65 bits per heavy atom. The minimum atomic E-state index is 0.324. The Labute approximate surface area is 139 Å². The summed E-state index contributed by atoms with van der Waals surface area (Å²) >= 11 is 0. The van der Waals surface area contributed by atoms with Gasteiger partial charge in [0, 0.05) is 19.0 Å². The van der Waals surface area contributed by atoms with E-state index in [0.29, 0.717) is 29.1 Å². The van der Waals surface area contributed by atoms with E-state index < -0.39 is 0 Å². The lowest BCUT2D eigenvalue weighted by atomic mass is 9.81. The second kappa shape index (κ2) is 5.94. The highest BCUT2D eigenvalue weighted by atomic mass is 16.2. The fourth-order valence-electron chi connectivity index (χ4n) is 4.94. The van der Waals surface area contributed by atoms with Crippen molar-refractivity contribution in [2.24, 2.45) is 17.3 Å². The lowest BCUT2D eigenvalue weighted by Crippen LogP contribution is -2.44. The number of piperidine rings is 2. The molecule has 1 aromatic carbocycles. The van der Waals surface area contributed by atoms with Crippen molar-refractivity contribution in [2.45, 2.75) is 38.5 Å². The van der Waals surface area contributed by atoms with E-state index in [-0.39, 0.29) is 0 Å². The van der Waals surface area contributed by atoms with Crippen molar-refractivity contribution in [3.63, 3.8) is 0 Å². The van der Waals surface area contributed by atoms with Crippen molar-refractivity contribution in [3.8, 4) is 0 Å². The summed E-state index contributed by atoms with van der Waals surface area (Å²) in [5.74, 6) is 1.93. The van der Waals surface area contributed by atoms with E-state index in [4.69, 9.17) is 0 Å². The third kappa shape index (κ3) is 2.80. The average Bonchev–Trinajstić information content (AvgIpc) is 3.28. The molecular weight excluding hydrogens is 284 g/mol. The Morgan fingerprint density at radius 1 is 1.22 bits per heavy atom. The van der Waals surface area contributed by atoms with Crippen LogP contribution in [0.2, 0.25) is 0 Å². The van der Waals surface area contributed by atoms with E-state index >= 15 is 0 Å². The predicted molar refractivity (Wildman–Crippen MR) is 92.2 cm³/mol. The highest BCUT2D eigenvalue weighted by molar-refractivity contribution is 5.83. The lowest BCUT2D eigenvalue weighted by molar-refractivity contribution is -0.135. The van der Waals surface area contributed by atoms with Gasteiger partial charge in [0.15, 0.2) is 0 Å².